The van der Waals surface area contributed by atoms with Crippen LogP contribution < -0.4 is 0 Å². The molecule has 0 bridgehead atoms. The molecule has 1 heteroatoms. The second-order valence-corrected chi connectivity index (χ2v) is 5.85. The lowest BCUT2D eigenvalue weighted by atomic mass is 9.77. The van der Waals surface area contributed by atoms with E-state index in [4.69, 9.17) is 0 Å². The van der Waals surface area contributed by atoms with Crippen LogP contribution in [0.5, 0.6) is 0 Å². The monoisotopic (exact) mass is 237 g/mol. The molecule has 1 spiro atoms. The standard InChI is InChI=1S/C17H19N/c1-18-15-8-4-3-7-13(15)14-9-12-17(16(14)18)10-5-2-6-11-17/h3-5,7-8,10H,2,6,9,11-12H2,1H3/t17-/m1/s1. The molecule has 0 fully saturated rings. The van der Waals surface area contributed by atoms with E-state index in [0.29, 0.717) is 5.41 Å². The third kappa shape index (κ3) is 1.17. The van der Waals surface area contributed by atoms with Crippen molar-refractivity contribution < 1.29 is 0 Å². The van der Waals surface area contributed by atoms with E-state index in [1.165, 1.54) is 43.0 Å². The Kier molecular flexibility index (Phi) is 2.03. The molecule has 0 radical (unpaired) electrons. The van der Waals surface area contributed by atoms with Gasteiger partial charge in [0.1, 0.15) is 0 Å². The van der Waals surface area contributed by atoms with Crippen LogP contribution in [-0.2, 0) is 18.9 Å². The van der Waals surface area contributed by atoms with Crippen LogP contribution in [0, 0.1) is 0 Å². The molecule has 92 valence electrons. The van der Waals surface area contributed by atoms with E-state index in [1.54, 1.807) is 11.3 Å². The van der Waals surface area contributed by atoms with Crippen molar-refractivity contribution in [1.29, 1.82) is 0 Å². The molecular weight excluding hydrogens is 218 g/mol. The summed E-state index contributed by atoms with van der Waals surface area (Å²) in [6, 6.07) is 8.87. The second-order valence-electron chi connectivity index (χ2n) is 5.85. The van der Waals surface area contributed by atoms with E-state index in [2.05, 4.69) is 48.0 Å². The van der Waals surface area contributed by atoms with Crippen LogP contribution in [0.1, 0.15) is 36.9 Å². The fourth-order valence-corrected chi connectivity index (χ4v) is 4.16. The Morgan fingerprint density at radius 1 is 1.17 bits per heavy atom. The third-order valence-electron chi connectivity index (χ3n) is 4.94. The normalized spacial score (nSPS) is 26.1. The SMILES string of the molecule is Cn1c2c(c3ccccc31)CC[C@]21C=CCCC1. The van der Waals surface area contributed by atoms with Crippen LogP contribution in [0.2, 0.25) is 0 Å². The summed E-state index contributed by atoms with van der Waals surface area (Å²) in [4.78, 5) is 0. The number of hydrogen-bond donors (Lipinski definition) is 0. The summed E-state index contributed by atoms with van der Waals surface area (Å²) >= 11 is 0. The van der Waals surface area contributed by atoms with E-state index >= 15 is 0 Å². The highest BCUT2D eigenvalue weighted by Crippen LogP contribution is 2.48. The summed E-state index contributed by atoms with van der Waals surface area (Å²) < 4.78 is 2.45. The zero-order valence-corrected chi connectivity index (χ0v) is 10.9. The van der Waals surface area contributed by atoms with E-state index < -0.39 is 0 Å². The third-order valence-corrected chi connectivity index (χ3v) is 4.94. The van der Waals surface area contributed by atoms with E-state index in [-0.39, 0.29) is 0 Å². The van der Waals surface area contributed by atoms with Gasteiger partial charge in [-0.05, 0) is 43.7 Å². The molecule has 2 aliphatic carbocycles. The number of nitrogens with zero attached hydrogens (tertiary/aromatic N) is 1. The largest absolute Gasteiger partial charge is 0.347 e. The molecule has 1 atom stereocenters. The van der Waals surface area contributed by atoms with Gasteiger partial charge in [-0.1, -0.05) is 30.4 Å². The van der Waals surface area contributed by atoms with Gasteiger partial charge in [-0.2, -0.15) is 0 Å². The first-order chi connectivity index (χ1) is 8.82. The van der Waals surface area contributed by atoms with E-state index in [9.17, 15) is 0 Å². The van der Waals surface area contributed by atoms with Crippen LogP contribution in [0.4, 0.5) is 0 Å². The van der Waals surface area contributed by atoms with Crippen molar-refractivity contribution in [2.75, 3.05) is 0 Å². The minimum absolute atomic E-state index is 0.349. The number of benzene rings is 1. The minimum atomic E-state index is 0.349. The fraction of sp³-hybridized carbons (Fsp3) is 0.412. The molecule has 1 nitrogen and oxygen atoms in total. The van der Waals surface area contributed by atoms with Crippen molar-refractivity contribution in [1.82, 2.24) is 4.57 Å². The predicted octanol–water partition coefficient (Wildman–Crippen LogP) is 4.10. The average Bonchev–Trinajstić information content (AvgIpc) is 2.91. The van der Waals surface area contributed by atoms with Crippen molar-refractivity contribution in [3.63, 3.8) is 0 Å². The van der Waals surface area contributed by atoms with Crippen molar-refractivity contribution in [3.05, 3.63) is 47.7 Å². The molecule has 0 amide bonds. The maximum Gasteiger partial charge on any atom is 0.0483 e. The van der Waals surface area contributed by atoms with Crippen LogP contribution in [0.15, 0.2) is 36.4 Å². The Hall–Kier alpha value is -1.50. The summed E-state index contributed by atoms with van der Waals surface area (Å²) in [7, 11) is 2.25. The van der Waals surface area contributed by atoms with Gasteiger partial charge in [-0.15, -0.1) is 0 Å². The number of para-hydroxylation sites is 1. The number of fused-ring (bicyclic) bond motifs is 4. The smallest absolute Gasteiger partial charge is 0.0483 e. The summed E-state index contributed by atoms with van der Waals surface area (Å²) in [6.07, 6.45) is 11.4. The number of aromatic nitrogens is 1. The Bertz CT molecular complexity index is 647. The van der Waals surface area contributed by atoms with Gasteiger partial charge in [0.15, 0.2) is 0 Å². The lowest BCUT2D eigenvalue weighted by Crippen LogP contribution is -2.25. The molecule has 1 aromatic heterocycles. The molecule has 2 aliphatic rings. The minimum Gasteiger partial charge on any atom is -0.347 e. The Morgan fingerprint density at radius 3 is 2.89 bits per heavy atom. The van der Waals surface area contributed by atoms with Gasteiger partial charge in [-0.3, -0.25) is 0 Å². The van der Waals surface area contributed by atoms with E-state index in [0.717, 1.165) is 0 Å². The number of allylic oxidation sites excluding steroid dienone is 2. The first kappa shape index (κ1) is 10.4. The summed E-state index contributed by atoms with van der Waals surface area (Å²) in [5.41, 5.74) is 4.96. The van der Waals surface area contributed by atoms with Gasteiger partial charge in [0, 0.05) is 29.1 Å². The molecule has 4 rings (SSSR count). The first-order valence-electron chi connectivity index (χ1n) is 7.06. The Balaban J connectivity index is 2.04. The maximum absolute atomic E-state index is 2.50. The molecule has 1 heterocycles. The quantitative estimate of drug-likeness (QED) is 0.608. The molecule has 18 heavy (non-hydrogen) atoms. The first-order valence-corrected chi connectivity index (χ1v) is 7.06. The van der Waals surface area contributed by atoms with Gasteiger partial charge >= 0.3 is 0 Å². The van der Waals surface area contributed by atoms with E-state index in [1.807, 2.05) is 0 Å². The molecule has 0 saturated carbocycles. The highest BCUT2D eigenvalue weighted by atomic mass is 15.0. The summed E-state index contributed by atoms with van der Waals surface area (Å²) in [6.45, 7) is 0. The fourth-order valence-electron chi connectivity index (χ4n) is 4.16. The van der Waals surface area contributed by atoms with Crippen LogP contribution in [-0.4, -0.2) is 4.57 Å². The van der Waals surface area contributed by atoms with Gasteiger partial charge < -0.3 is 4.57 Å². The highest BCUT2D eigenvalue weighted by Gasteiger charge is 2.40. The topological polar surface area (TPSA) is 4.93 Å². The summed E-state index contributed by atoms with van der Waals surface area (Å²) in [5.74, 6) is 0. The molecule has 0 saturated heterocycles. The van der Waals surface area contributed by atoms with Gasteiger partial charge in [0.25, 0.3) is 0 Å². The molecule has 0 unspecified atom stereocenters. The molecular formula is C17H19N. The number of aryl methyl sites for hydroxylation is 2. The Labute approximate surface area is 108 Å². The van der Waals surface area contributed by atoms with Crippen LogP contribution >= 0.6 is 0 Å². The molecule has 0 aliphatic heterocycles. The van der Waals surface area contributed by atoms with Crippen molar-refractivity contribution >= 4 is 10.9 Å². The number of rotatable bonds is 0. The maximum atomic E-state index is 2.50. The number of hydrogen-bond acceptors (Lipinski definition) is 0. The zero-order valence-electron chi connectivity index (χ0n) is 10.9. The average molecular weight is 237 g/mol. The van der Waals surface area contributed by atoms with Crippen molar-refractivity contribution in [2.45, 2.75) is 37.5 Å². The molecule has 1 aromatic carbocycles. The van der Waals surface area contributed by atoms with Gasteiger partial charge in [0.2, 0.25) is 0 Å². The predicted molar refractivity (Wildman–Crippen MR) is 75.9 cm³/mol. The van der Waals surface area contributed by atoms with Crippen LogP contribution in [0.3, 0.4) is 0 Å². The summed E-state index contributed by atoms with van der Waals surface area (Å²) in [5, 5.41) is 1.48. The van der Waals surface area contributed by atoms with Crippen molar-refractivity contribution in [2.24, 2.45) is 7.05 Å². The lowest BCUT2D eigenvalue weighted by Gasteiger charge is -2.30. The van der Waals surface area contributed by atoms with Crippen molar-refractivity contribution in [3.8, 4) is 0 Å². The Morgan fingerprint density at radius 2 is 2.06 bits per heavy atom. The van der Waals surface area contributed by atoms with Gasteiger partial charge in [0.05, 0.1) is 0 Å². The zero-order chi connectivity index (χ0) is 12.2. The van der Waals surface area contributed by atoms with Crippen LogP contribution in [0.25, 0.3) is 10.9 Å². The molecule has 0 N–H and O–H groups in total. The molecule has 2 aromatic rings. The van der Waals surface area contributed by atoms with Gasteiger partial charge in [-0.25, -0.2) is 0 Å². The lowest BCUT2D eigenvalue weighted by molar-refractivity contribution is 0.433. The second kappa shape index (κ2) is 3.50. The highest BCUT2D eigenvalue weighted by molar-refractivity contribution is 5.87.